The highest BCUT2D eigenvalue weighted by Crippen LogP contribution is 2.43. The van der Waals surface area contributed by atoms with Gasteiger partial charge in [0, 0.05) is 13.5 Å². The molecular formula is C11H18O3. The second-order valence-electron chi connectivity index (χ2n) is 4.56. The first-order valence-electron chi connectivity index (χ1n) is 5.43. The van der Waals surface area contributed by atoms with Crippen molar-refractivity contribution in [1.29, 1.82) is 0 Å². The Labute approximate surface area is 84.8 Å². The summed E-state index contributed by atoms with van der Waals surface area (Å²) in [5.41, 5.74) is -0.288. The van der Waals surface area contributed by atoms with Gasteiger partial charge in [-0.05, 0) is 19.3 Å². The van der Waals surface area contributed by atoms with Gasteiger partial charge in [-0.25, -0.2) is 0 Å². The summed E-state index contributed by atoms with van der Waals surface area (Å²) in [5, 5.41) is 0. The van der Waals surface area contributed by atoms with E-state index in [1.54, 1.807) is 7.11 Å². The van der Waals surface area contributed by atoms with E-state index >= 15 is 0 Å². The van der Waals surface area contributed by atoms with Crippen molar-refractivity contribution in [3.05, 3.63) is 0 Å². The molecule has 0 bridgehead atoms. The topological polar surface area (TPSA) is 35.5 Å². The maximum absolute atomic E-state index is 11.4. The molecule has 80 valence electrons. The lowest BCUT2D eigenvalue weighted by atomic mass is 9.78. The Balaban J connectivity index is 2.16. The summed E-state index contributed by atoms with van der Waals surface area (Å²) in [6.07, 6.45) is 5.29. The van der Waals surface area contributed by atoms with E-state index in [-0.39, 0.29) is 23.6 Å². The molecule has 0 radical (unpaired) electrons. The van der Waals surface area contributed by atoms with E-state index in [1.807, 2.05) is 6.92 Å². The van der Waals surface area contributed by atoms with E-state index < -0.39 is 0 Å². The number of hydrogen-bond acceptors (Lipinski definition) is 3. The molecule has 14 heavy (non-hydrogen) atoms. The van der Waals surface area contributed by atoms with E-state index in [0.29, 0.717) is 0 Å². The molecule has 0 N–H and O–H groups in total. The van der Waals surface area contributed by atoms with Crippen molar-refractivity contribution < 1.29 is 14.3 Å². The van der Waals surface area contributed by atoms with E-state index in [2.05, 4.69) is 0 Å². The number of hydrogen-bond donors (Lipinski definition) is 0. The SMILES string of the molecule is COC1CCCCC12CC(C)C(=O)O2. The molecule has 3 unspecified atom stereocenters. The van der Waals surface area contributed by atoms with Crippen LogP contribution >= 0.6 is 0 Å². The van der Waals surface area contributed by atoms with Crippen LogP contribution in [0.3, 0.4) is 0 Å². The van der Waals surface area contributed by atoms with Gasteiger partial charge in [-0.15, -0.1) is 0 Å². The third-order valence-corrected chi connectivity index (χ3v) is 3.55. The standard InChI is InChI=1S/C11H18O3/c1-8-7-11(14-10(8)12)6-4-3-5-9(11)13-2/h8-9H,3-7H2,1-2H3. The summed E-state index contributed by atoms with van der Waals surface area (Å²) in [4.78, 5) is 11.4. The summed E-state index contributed by atoms with van der Waals surface area (Å²) in [5.74, 6) is -0.000278. The molecule has 0 aromatic rings. The number of carbonyl (C=O) groups is 1. The first kappa shape index (κ1) is 9.97. The molecule has 1 aliphatic heterocycles. The molecule has 0 aromatic carbocycles. The Bertz CT molecular complexity index is 239. The molecule has 3 nitrogen and oxygen atoms in total. The number of carbonyl (C=O) groups excluding carboxylic acids is 1. The molecular weight excluding hydrogens is 180 g/mol. The molecule has 2 rings (SSSR count). The van der Waals surface area contributed by atoms with E-state index in [0.717, 1.165) is 25.7 Å². The Morgan fingerprint density at radius 1 is 1.50 bits per heavy atom. The smallest absolute Gasteiger partial charge is 0.309 e. The van der Waals surface area contributed by atoms with Crippen molar-refractivity contribution in [2.75, 3.05) is 7.11 Å². The summed E-state index contributed by atoms with van der Waals surface area (Å²) in [6, 6.07) is 0. The van der Waals surface area contributed by atoms with Crippen molar-refractivity contribution in [1.82, 2.24) is 0 Å². The average molecular weight is 198 g/mol. The van der Waals surface area contributed by atoms with E-state index in [4.69, 9.17) is 9.47 Å². The molecule has 1 saturated heterocycles. The second kappa shape index (κ2) is 3.54. The largest absolute Gasteiger partial charge is 0.456 e. The second-order valence-corrected chi connectivity index (χ2v) is 4.56. The number of rotatable bonds is 1. The Hall–Kier alpha value is -0.570. The first-order chi connectivity index (χ1) is 6.68. The number of methoxy groups -OCH3 is 1. The summed E-state index contributed by atoms with van der Waals surface area (Å²) in [6.45, 7) is 1.94. The fourth-order valence-electron chi connectivity index (χ4n) is 2.81. The zero-order valence-corrected chi connectivity index (χ0v) is 8.91. The minimum atomic E-state index is -0.288. The van der Waals surface area contributed by atoms with Crippen LogP contribution in [0.5, 0.6) is 0 Å². The van der Waals surface area contributed by atoms with Gasteiger partial charge >= 0.3 is 5.97 Å². The highest BCUT2D eigenvalue weighted by molar-refractivity contribution is 5.75. The molecule has 1 spiro atoms. The highest BCUT2D eigenvalue weighted by Gasteiger charge is 2.51. The Kier molecular flexibility index (Phi) is 2.52. The van der Waals surface area contributed by atoms with Crippen molar-refractivity contribution in [3.8, 4) is 0 Å². The van der Waals surface area contributed by atoms with Gasteiger partial charge in [-0.2, -0.15) is 0 Å². The lowest BCUT2D eigenvalue weighted by Gasteiger charge is -2.38. The summed E-state index contributed by atoms with van der Waals surface area (Å²) < 4.78 is 11.0. The fraction of sp³-hybridized carbons (Fsp3) is 0.909. The van der Waals surface area contributed by atoms with Crippen molar-refractivity contribution in [3.63, 3.8) is 0 Å². The maximum atomic E-state index is 11.4. The van der Waals surface area contributed by atoms with Gasteiger partial charge in [0.15, 0.2) is 0 Å². The van der Waals surface area contributed by atoms with Crippen molar-refractivity contribution in [2.24, 2.45) is 5.92 Å². The lowest BCUT2D eigenvalue weighted by Crippen LogP contribution is -2.45. The zero-order valence-electron chi connectivity index (χ0n) is 8.91. The minimum absolute atomic E-state index is 0.0470. The third-order valence-electron chi connectivity index (χ3n) is 3.55. The summed E-state index contributed by atoms with van der Waals surface area (Å²) >= 11 is 0. The molecule has 2 aliphatic rings. The van der Waals surface area contributed by atoms with Crippen molar-refractivity contribution >= 4 is 5.97 Å². The maximum Gasteiger partial charge on any atom is 0.309 e. The predicted octanol–water partition coefficient (Wildman–Crippen LogP) is 1.90. The van der Waals surface area contributed by atoms with Crippen molar-refractivity contribution in [2.45, 2.75) is 50.7 Å². The molecule has 0 aromatic heterocycles. The van der Waals surface area contributed by atoms with Crippen LogP contribution in [0.15, 0.2) is 0 Å². The molecule has 3 heteroatoms. The van der Waals surface area contributed by atoms with Crippen LogP contribution < -0.4 is 0 Å². The molecule has 0 amide bonds. The highest BCUT2D eigenvalue weighted by atomic mass is 16.6. The molecule has 1 saturated carbocycles. The molecule has 1 heterocycles. The third kappa shape index (κ3) is 1.44. The van der Waals surface area contributed by atoms with Crippen LogP contribution in [0.2, 0.25) is 0 Å². The monoisotopic (exact) mass is 198 g/mol. The van der Waals surface area contributed by atoms with Crippen LogP contribution in [0.25, 0.3) is 0 Å². The van der Waals surface area contributed by atoms with Crippen LogP contribution in [0, 0.1) is 5.92 Å². The van der Waals surface area contributed by atoms with Gasteiger partial charge in [0.05, 0.1) is 12.0 Å². The van der Waals surface area contributed by atoms with E-state index in [1.165, 1.54) is 6.42 Å². The number of ether oxygens (including phenoxy) is 2. The Morgan fingerprint density at radius 3 is 2.86 bits per heavy atom. The van der Waals surface area contributed by atoms with Crippen LogP contribution in [-0.2, 0) is 14.3 Å². The first-order valence-corrected chi connectivity index (χ1v) is 5.43. The summed E-state index contributed by atoms with van der Waals surface area (Å²) in [7, 11) is 1.72. The lowest BCUT2D eigenvalue weighted by molar-refractivity contribution is -0.167. The fourth-order valence-corrected chi connectivity index (χ4v) is 2.81. The van der Waals surface area contributed by atoms with Crippen LogP contribution in [0.4, 0.5) is 0 Å². The van der Waals surface area contributed by atoms with Crippen LogP contribution in [-0.4, -0.2) is 24.8 Å². The average Bonchev–Trinajstić information content (AvgIpc) is 2.44. The molecule has 1 aliphatic carbocycles. The Morgan fingerprint density at radius 2 is 2.29 bits per heavy atom. The van der Waals surface area contributed by atoms with Gasteiger partial charge < -0.3 is 9.47 Å². The van der Waals surface area contributed by atoms with Gasteiger partial charge in [0.1, 0.15) is 5.60 Å². The molecule has 3 atom stereocenters. The number of esters is 1. The van der Waals surface area contributed by atoms with Gasteiger partial charge in [-0.1, -0.05) is 13.3 Å². The van der Waals surface area contributed by atoms with E-state index in [9.17, 15) is 4.79 Å². The van der Waals surface area contributed by atoms with Gasteiger partial charge in [0.25, 0.3) is 0 Å². The normalized spacial score (nSPS) is 42.9. The zero-order chi connectivity index (χ0) is 10.2. The molecule has 2 fully saturated rings. The quantitative estimate of drug-likeness (QED) is 0.604. The predicted molar refractivity (Wildman–Crippen MR) is 51.9 cm³/mol. The van der Waals surface area contributed by atoms with Crippen LogP contribution in [0.1, 0.15) is 39.0 Å². The van der Waals surface area contributed by atoms with Gasteiger partial charge in [-0.3, -0.25) is 4.79 Å². The van der Waals surface area contributed by atoms with Gasteiger partial charge in [0.2, 0.25) is 0 Å². The minimum Gasteiger partial charge on any atom is -0.456 e.